The van der Waals surface area contributed by atoms with Crippen LogP contribution < -0.4 is 59.7 Å². The molecule has 44 heteroatoms. The number of esters is 1. The van der Waals surface area contributed by atoms with Gasteiger partial charge in [0, 0.05) is 173 Å². The van der Waals surface area contributed by atoms with E-state index in [1.165, 1.54) is 79.9 Å². The van der Waals surface area contributed by atoms with Gasteiger partial charge in [-0.05, 0) is 170 Å². The Balaban J connectivity index is -0.00000188. The zero-order chi connectivity index (χ0) is 105. The molecule has 3 aromatic rings. The second-order valence-electron chi connectivity index (χ2n) is 32.2. The van der Waals surface area contributed by atoms with Gasteiger partial charge in [0.25, 0.3) is 11.1 Å². The molecule has 0 spiro atoms. The molecule has 0 aromatic heterocycles. The van der Waals surface area contributed by atoms with Gasteiger partial charge in [0.1, 0.15) is 23.0 Å². The fraction of sp³-hybridized carbons (Fsp3) is 0.687. The van der Waals surface area contributed by atoms with E-state index in [1.54, 1.807) is 0 Å². The Kier molecular flexibility index (Phi) is 98.0. The molecule has 8 amide bonds. The summed E-state index contributed by atoms with van der Waals surface area (Å²) in [5, 5.41) is 39.2. The molecular weight excluding hydrogens is 1910 g/mol. The molecule has 0 aliphatic rings. The van der Waals surface area contributed by atoms with Gasteiger partial charge in [-0.2, -0.15) is 0 Å². The van der Waals surface area contributed by atoms with Gasteiger partial charge in [-0.25, -0.2) is 33.6 Å². The minimum atomic E-state index is -1.05. The fourth-order valence-electron chi connectivity index (χ4n) is 11.4. The number of benzene rings is 3. The van der Waals surface area contributed by atoms with E-state index >= 15 is 0 Å². The van der Waals surface area contributed by atoms with Gasteiger partial charge in [-0.3, -0.25) is 28.8 Å². The summed E-state index contributed by atoms with van der Waals surface area (Å²) < 4.78 is 84.2. The van der Waals surface area contributed by atoms with E-state index in [1.807, 2.05) is 20.8 Å². The molecule has 0 aliphatic heterocycles. The number of nitrogens with one attached hydrogen (secondary N) is 8. The Labute approximate surface area is 856 Å². The highest BCUT2D eigenvalue weighted by molar-refractivity contribution is 6.67. The summed E-state index contributed by atoms with van der Waals surface area (Å²) in [6.07, 6.45) is 15.1. The van der Waals surface area contributed by atoms with Gasteiger partial charge in [0.2, 0.25) is 0 Å². The van der Waals surface area contributed by atoms with Crippen molar-refractivity contribution in [1.29, 1.82) is 0 Å². The summed E-state index contributed by atoms with van der Waals surface area (Å²) in [4.78, 5) is 150. The van der Waals surface area contributed by atoms with Crippen LogP contribution >= 0.6 is 24.0 Å². The van der Waals surface area contributed by atoms with Crippen LogP contribution in [0.15, 0.2) is 72.8 Å². The van der Waals surface area contributed by atoms with Crippen LogP contribution in [0.5, 0.6) is 0 Å². The maximum absolute atomic E-state index is 12.2. The van der Waals surface area contributed by atoms with E-state index in [2.05, 4.69) is 61.1 Å². The molecular formula is C99H169Cl2N11O31. The molecule has 0 atom stereocenters. The third kappa shape index (κ3) is 94.9. The topological polar surface area (TPSA) is 584 Å². The van der Waals surface area contributed by atoms with Crippen molar-refractivity contribution < 1.29 is 148 Å². The molecule has 0 unspecified atom stereocenters. The van der Waals surface area contributed by atoms with Crippen molar-refractivity contribution >= 4 is 100 Å². The van der Waals surface area contributed by atoms with E-state index < -0.39 is 34.8 Å². The van der Waals surface area contributed by atoms with Crippen molar-refractivity contribution in [3.63, 3.8) is 0 Å². The first-order chi connectivity index (χ1) is 68.7. The van der Waals surface area contributed by atoms with Crippen LogP contribution in [0.1, 0.15) is 238 Å². The van der Waals surface area contributed by atoms with Crippen molar-refractivity contribution in [3.05, 3.63) is 106 Å². The lowest BCUT2D eigenvalue weighted by molar-refractivity contribution is -0.120. The van der Waals surface area contributed by atoms with E-state index in [0.717, 1.165) is 90.3 Å². The molecule has 0 saturated carbocycles. The van der Waals surface area contributed by atoms with E-state index in [-0.39, 0.29) is 70.7 Å². The van der Waals surface area contributed by atoms with Crippen LogP contribution in [0, 0.1) is 0 Å². The summed E-state index contributed by atoms with van der Waals surface area (Å²) in [5.74, 6) is -2.23. The highest BCUT2D eigenvalue weighted by atomic mass is 35.5. The normalized spacial score (nSPS) is 10.7. The lowest BCUT2D eigenvalue weighted by Gasteiger charge is -2.19. The molecule has 42 nitrogen and oxygen atoms in total. The molecule has 0 heterocycles. The number of Topliss-reactive ketones (excluding diaryl/α,β-unsaturated/α-hetero) is 4. The molecule has 0 bridgehead atoms. The standard InChI is InChI=1S/C37H51N3O12.C26H51N3O8.C20H42N4O6.C9H7ClO3.C7H17NO2.ClH/c41-32(7-4-20-49-24-26-51-22-18-38-34(43)29-11-15-31(16-12-29)36(46)47)6-2-1-3-17-39-37(48)40-19-23-52-27-25-50-21-5-8-33(42)28-9-13-30(14-10-28)35(44)45;1-5-15-33-19-21-35-17-13-28-24(31)27-12-8-6-7-10-23(30)11-9-16-34-20-22-36-18-14-29-25(32)37-26(2,3)4;21-7-12-28-16-15-27-11-4-6-19(25)5-2-1-3-9-23-20(26)24-10-14-30-18-17-29-13-8-22;1-13-9(12)7-4-2-6(3-5-7)8(10)11;1-2-4-9-6-7-10-5-3-8;/h9-16H,1-8,17-27H2,(H,38,43)(H,44,45)(H,46,47)(H2,39,40,48);5-22H2,1-4H3,(H,29,32)(H2,27,28,31);1-18,21-22H2,(H2,23,24,26);2-5H,1H3;2-8H2,1H3;1H. The minimum Gasteiger partial charge on any atom is -0.478 e. The van der Waals surface area contributed by atoms with Gasteiger partial charge in [0.05, 0.1) is 169 Å². The van der Waals surface area contributed by atoms with Gasteiger partial charge in [-0.15, -0.1) is 12.4 Å². The SMILES string of the molecule is CCCOCCOCCN.CCCOCCOCCNC(=O)NCCCCCC(=O)CCCOCCOCCNC(=O)OC(C)(C)C.COC(=O)c1ccc(C(=O)Cl)cc1.Cl.NCCOCCOCCCC(=O)CCCCCNC(=O)NCCOCCOCCN.O=C(CCCCCNC(=O)NCCOCCOCCCC(=O)c1ccc(C(=O)O)cc1)CCCOCCOCCNC(=O)c1ccc(C(=O)O)cc1. The van der Waals surface area contributed by atoms with Crippen molar-refractivity contribution in [3.8, 4) is 0 Å². The number of alkyl carbamates (subject to hydrolysis) is 1. The average molecular weight is 2080 g/mol. The van der Waals surface area contributed by atoms with Crippen molar-refractivity contribution in [1.82, 2.24) is 42.5 Å². The minimum absolute atomic E-state index is 0. The number of carbonyl (C=O) groups is 13. The molecule has 0 saturated heterocycles. The lowest BCUT2D eigenvalue weighted by Crippen LogP contribution is -2.37. The number of halogens is 2. The average Bonchev–Trinajstić information content (AvgIpc) is 0.887. The highest BCUT2D eigenvalue weighted by Crippen LogP contribution is 2.14. The first kappa shape index (κ1) is 138. The quantitative estimate of drug-likeness (QED) is 0.0108. The fourth-order valence-corrected chi connectivity index (χ4v) is 11.6. The van der Waals surface area contributed by atoms with Gasteiger partial charge >= 0.3 is 42.1 Å². The number of hydrogen-bond acceptors (Lipinski definition) is 32. The number of rotatable bonds is 86. The highest BCUT2D eigenvalue weighted by Gasteiger charge is 2.17. The van der Waals surface area contributed by atoms with Crippen LogP contribution in [0.3, 0.4) is 0 Å². The number of carboxylic acids is 2. The summed E-state index contributed by atoms with van der Waals surface area (Å²) >= 11 is 5.21. The number of hydrogen-bond donors (Lipinski definition) is 13. The van der Waals surface area contributed by atoms with Crippen LogP contribution in [0.2, 0.25) is 0 Å². The molecule has 0 radical (unpaired) electrons. The number of unbranched alkanes of at least 4 members (excludes halogenated alkanes) is 6. The van der Waals surface area contributed by atoms with Gasteiger partial charge in [0.15, 0.2) is 5.78 Å². The van der Waals surface area contributed by atoms with E-state index in [9.17, 15) is 62.3 Å². The monoisotopic (exact) mass is 2080 g/mol. The molecule has 0 fully saturated rings. The number of ether oxygens (including phenoxy) is 16. The third-order valence-electron chi connectivity index (χ3n) is 18.7. The summed E-state index contributed by atoms with van der Waals surface area (Å²) in [6.45, 7) is 28.8. The van der Waals surface area contributed by atoms with Gasteiger partial charge in [-0.1, -0.05) is 45.2 Å². The first-order valence-electron chi connectivity index (χ1n) is 49.3. The smallest absolute Gasteiger partial charge is 0.407 e. The zero-order valence-electron chi connectivity index (χ0n) is 85.3. The van der Waals surface area contributed by atoms with Crippen LogP contribution in [-0.2, 0) is 90.2 Å². The maximum Gasteiger partial charge on any atom is 0.407 e. The Morgan fingerprint density at radius 2 is 0.538 bits per heavy atom. The first-order valence-corrected chi connectivity index (χ1v) is 49.7. The lowest BCUT2D eigenvalue weighted by atomic mass is 10.1. The molecule has 820 valence electrons. The Hall–Kier alpha value is -9.13. The Morgan fingerprint density at radius 1 is 0.287 bits per heavy atom. The molecule has 3 aromatic carbocycles. The molecule has 3 rings (SSSR count). The number of amides is 8. The Morgan fingerprint density at radius 3 is 0.832 bits per heavy atom. The van der Waals surface area contributed by atoms with E-state index in [0.29, 0.717) is 330 Å². The number of methoxy groups -OCH3 is 1. The number of urea groups is 3. The second-order valence-corrected chi connectivity index (χ2v) is 32.5. The predicted octanol–water partition coefficient (Wildman–Crippen LogP) is 9.79. The van der Waals surface area contributed by atoms with Crippen LogP contribution in [0.25, 0.3) is 0 Å². The number of nitrogens with two attached hydrogens (primary N) is 3. The summed E-state index contributed by atoms with van der Waals surface area (Å²) in [6, 6.07) is 16.7. The molecule has 0 aliphatic carbocycles. The van der Waals surface area contributed by atoms with Gasteiger partial charge < -0.3 is 146 Å². The predicted molar refractivity (Wildman–Crippen MR) is 544 cm³/mol. The zero-order valence-corrected chi connectivity index (χ0v) is 86.9. The second kappa shape index (κ2) is 102. The third-order valence-corrected chi connectivity index (χ3v) is 18.9. The van der Waals surface area contributed by atoms with Crippen LogP contribution in [-0.4, -0.2) is 356 Å². The largest absolute Gasteiger partial charge is 0.478 e. The number of ketones is 4. The summed E-state index contributed by atoms with van der Waals surface area (Å²) in [7, 11) is 1.29. The van der Waals surface area contributed by atoms with Crippen molar-refractivity contribution in [2.45, 2.75) is 181 Å². The van der Waals surface area contributed by atoms with E-state index in [4.69, 9.17) is 110 Å². The number of aromatic carboxylic acids is 2. The molecule has 143 heavy (non-hydrogen) atoms. The molecule has 16 N–H and O–H groups in total. The number of carbonyl (C=O) groups excluding carboxylic acids is 11. The maximum atomic E-state index is 12.2. The van der Waals surface area contributed by atoms with Crippen molar-refractivity contribution in [2.75, 3.05) is 264 Å². The van der Waals surface area contributed by atoms with Crippen LogP contribution in [0.4, 0.5) is 19.2 Å². The van der Waals surface area contributed by atoms with Crippen molar-refractivity contribution in [2.24, 2.45) is 17.2 Å². The number of carboxylic acid groups (broad SMARTS) is 2. The Bertz CT molecular complexity index is 3550. The summed E-state index contributed by atoms with van der Waals surface area (Å²) in [5.41, 5.74) is 17.1.